The molecule has 96 valence electrons. The fourth-order valence-electron chi connectivity index (χ4n) is 1.80. The Morgan fingerprint density at radius 3 is 1.88 bits per heavy atom. The van der Waals surface area contributed by atoms with E-state index in [2.05, 4.69) is 13.1 Å². The third-order valence-electron chi connectivity index (χ3n) is 2.87. The molecule has 0 radical (unpaired) electrons. The predicted molar refractivity (Wildman–Crippen MR) is 74.5 cm³/mol. The Labute approximate surface area is 106 Å². The summed E-state index contributed by atoms with van der Waals surface area (Å²) < 4.78 is 5.92. The second kappa shape index (κ2) is 4.92. The first-order valence-electron chi connectivity index (χ1n) is 6.14. The average molecular weight is 252 g/mol. The zero-order valence-electron chi connectivity index (χ0n) is 11.7. The van der Waals surface area contributed by atoms with Crippen LogP contribution >= 0.6 is 0 Å². The lowest BCUT2D eigenvalue weighted by Crippen LogP contribution is -2.45. The fourth-order valence-corrected chi connectivity index (χ4v) is 2.97. The standard InChI is InChI=1S/C14H24O2Si/c1-11-7-9-12(10-8-11)14(15,13(2,3)4)16-17(5)6/h7-10,15,17H,1-6H3. The van der Waals surface area contributed by atoms with E-state index in [1.807, 2.05) is 52.0 Å². The maximum Gasteiger partial charge on any atom is 0.187 e. The summed E-state index contributed by atoms with van der Waals surface area (Å²) in [5.74, 6) is -1.19. The first-order valence-corrected chi connectivity index (χ1v) is 8.92. The number of hydrogen-bond acceptors (Lipinski definition) is 2. The summed E-state index contributed by atoms with van der Waals surface area (Å²) in [4.78, 5) is 0. The van der Waals surface area contributed by atoms with Crippen molar-refractivity contribution in [2.24, 2.45) is 5.41 Å². The summed E-state index contributed by atoms with van der Waals surface area (Å²) in [6.07, 6.45) is 0. The Morgan fingerprint density at radius 2 is 1.53 bits per heavy atom. The Kier molecular flexibility index (Phi) is 4.18. The van der Waals surface area contributed by atoms with Gasteiger partial charge < -0.3 is 9.53 Å². The van der Waals surface area contributed by atoms with Gasteiger partial charge in [0.2, 0.25) is 0 Å². The van der Waals surface area contributed by atoms with Crippen molar-refractivity contribution in [1.82, 2.24) is 0 Å². The van der Waals surface area contributed by atoms with Crippen LogP contribution in [-0.2, 0) is 10.2 Å². The van der Waals surface area contributed by atoms with Gasteiger partial charge in [-0.15, -0.1) is 0 Å². The average Bonchev–Trinajstić information content (AvgIpc) is 2.15. The summed E-state index contributed by atoms with van der Waals surface area (Å²) in [5, 5.41) is 10.9. The molecule has 0 saturated carbocycles. The van der Waals surface area contributed by atoms with Gasteiger partial charge in [0.1, 0.15) is 0 Å². The Bertz CT molecular complexity index is 365. The lowest BCUT2D eigenvalue weighted by molar-refractivity contribution is -0.220. The first kappa shape index (κ1) is 14.4. The molecule has 0 aliphatic rings. The van der Waals surface area contributed by atoms with Crippen LogP contribution in [0.4, 0.5) is 0 Å². The summed E-state index contributed by atoms with van der Waals surface area (Å²) >= 11 is 0. The minimum atomic E-state index is -1.33. The van der Waals surface area contributed by atoms with Crippen molar-refractivity contribution in [3.8, 4) is 0 Å². The second-order valence-corrected chi connectivity index (χ2v) is 8.26. The van der Waals surface area contributed by atoms with E-state index in [9.17, 15) is 5.11 Å². The molecule has 0 aliphatic carbocycles. The minimum absolute atomic E-state index is 0.348. The van der Waals surface area contributed by atoms with Gasteiger partial charge in [-0.2, -0.15) is 0 Å². The molecular weight excluding hydrogens is 228 g/mol. The lowest BCUT2D eigenvalue weighted by Gasteiger charge is -2.42. The lowest BCUT2D eigenvalue weighted by atomic mass is 9.81. The van der Waals surface area contributed by atoms with Crippen molar-refractivity contribution in [3.63, 3.8) is 0 Å². The summed E-state index contributed by atoms with van der Waals surface area (Å²) in [5.41, 5.74) is 1.68. The molecule has 0 aliphatic heterocycles. The van der Waals surface area contributed by atoms with Gasteiger partial charge in [0, 0.05) is 11.0 Å². The van der Waals surface area contributed by atoms with Crippen molar-refractivity contribution >= 4 is 9.04 Å². The highest BCUT2D eigenvalue weighted by molar-refractivity contribution is 6.48. The van der Waals surface area contributed by atoms with E-state index in [0.717, 1.165) is 5.56 Å². The molecule has 0 bridgehead atoms. The van der Waals surface area contributed by atoms with Crippen molar-refractivity contribution in [2.75, 3.05) is 0 Å². The molecule has 1 aromatic carbocycles. The topological polar surface area (TPSA) is 29.5 Å². The molecule has 0 heterocycles. The SMILES string of the molecule is Cc1ccc(C(O)(O[SiH](C)C)C(C)(C)C)cc1. The quantitative estimate of drug-likeness (QED) is 0.661. The van der Waals surface area contributed by atoms with E-state index in [1.54, 1.807) is 0 Å². The van der Waals surface area contributed by atoms with Crippen molar-refractivity contribution in [3.05, 3.63) is 35.4 Å². The molecule has 1 aromatic rings. The summed E-state index contributed by atoms with van der Waals surface area (Å²) in [7, 11) is -1.33. The highest BCUT2D eigenvalue weighted by Crippen LogP contribution is 2.40. The Morgan fingerprint density at radius 1 is 1.06 bits per heavy atom. The third kappa shape index (κ3) is 3.18. The first-order chi connectivity index (χ1) is 7.67. The number of rotatable bonds is 3. The van der Waals surface area contributed by atoms with Crippen LogP contribution in [-0.4, -0.2) is 14.1 Å². The van der Waals surface area contributed by atoms with Crippen molar-refractivity contribution in [1.29, 1.82) is 0 Å². The number of aryl methyl sites for hydroxylation is 1. The normalized spacial score (nSPS) is 16.0. The predicted octanol–water partition coefficient (Wildman–Crippen LogP) is 3.19. The van der Waals surface area contributed by atoms with Crippen LogP contribution in [0.2, 0.25) is 13.1 Å². The van der Waals surface area contributed by atoms with E-state index in [-0.39, 0.29) is 5.41 Å². The van der Waals surface area contributed by atoms with Crippen LogP contribution in [0.5, 0.6) is 0 Å². The van der Waals surface area contributed by atoms with Gasteiger partial charge in [-0.1, -0.05) is 50.6 Å². The van der Waals surface area contributed by atoms with Crippen molar-refractivity contribution < 1.29 is 9.53 Å². The van der Waals surface area contributed by atoms with Gasteiger partial charge in [-0.05, 0) is 20.0 Å². The Balaban J connectivity index is 3.19. The molecule has 1 unspecified atom stereocenters. The molecule has 1 rings (SSSR count). The van der Waals surface area contributed by atoms with Crippen LogP contribution in [0.1, 0.15) is 31.9 Å². The fraction of sp³-hybridized carbons (Fsp3) is 0.571. The number of benzene rings is 1. The van der Waals surface area contributed by atoms with Gasteiger partial charge in [0.05, 0.1) is 0 Å². The number of aliphatic hydroxyl groups is 1. The molecular formula is C14H24O2Si. The van der Waals surface area contributed by atoms with Crippen LogP contribution in [0.3, 0.4) is 0 Å². The van der Waals surface area contributed by atoms with Gasteiger partial charge in [0.15, 0.2) is 14.8 Å². The molecule has 17 heavy (non-hydrogen) atoms. The number of hydrogen-bond donors (Lipinski definition) is 1. The van der Waals surface area contributed by atoms with Gasteiger partial charge in [-0.25, -0.2) is 0 Å². The molecule has 1 atom stereocenters. The third-order valence-corrected chi connectivity index (χ3v) is 3.68. The zero-order chi connectivity index (χ0) is 13.3. The van der Waals surface area contributed by atoms with Crippen LogP contribution in [0, 0.1) is 12.3 Å². The van der Waals surface area contributed by atoms with E-state index < -0.39 is 14.8 Å². The highest BCUT2D eigenvalue weighted by atomic mass is 28.3. The maximum atomic E-state index is 10.9. The van der Waals surface area contributed by atoms with E-state index in [1.165, 1.54) is 5.56 Å². The minimum Gasteiger partial charge on any atom is -0.390 e. The van der Waals surface area contributed by atoms with E-state index in [4.69, 9.17) is 4.43 Å². The van der Waals surface area contributed by atoms with E-state index >= 15 is 0 Å². The maximum absolute atomic E-state index is 10.9. The van der Waals surface area contributed by atoms with Crippen LogP contribution in [0.25, 0.3) is 0 Å². The van der Waals surface area contributed by atoms with Crippen molar-refractivity contribution in [2.45, 2.75) is 46.6 Å². The van der Waals surface area contributed by atoms with E-state index in [0.29, 0.717) is 0 Å². The monoisotopic (exact) mass is 252 g/mol. The van der Waals surface area contributed by atoms with Gasteiger partial charge >= 0.3 is 0 Å². The summed E-state index contributed by atoms with van der Waals surface area (Å²) in [6, 6.07) is 7.93. The van der Waals surface area contributed by atoms with Gasteiger partial charge in [-0.3, -0.25) is 0 Å². The highest BCUT2D eigenvalue weighted by Gasteiger charge is 2.43. The molecule has 2 nitrogen and oxygen atoms in total. The molecule has 0 amide bonds. The van der Waals surface area contributed by atoms with Gasteiger partial charge in [0.25, 0.3) is 0 Å². The molecule has 1 N–H and O–H groups in total. The zero-order valence-corrected chi connectivity index (χ0v) is 12.9. The molecule has 0 aromatic heterocycles. The Hall–Kier alpha value is -0.643. The molecule has 0 spiro atoms. The van der Waals surface area contributed by atoms with Crippen LogP contribution in [0.15, 0.2) is 24.3 Å². The largest absolute Gasteiger partial charge is 0.390 e. The van der Waals surface area contributed by atoms with Crippen LogP contribution < -0.4 is 0 Å². The molecule has 3 heteroatoms. The molecule has 0 fully saturated rings. The smallest absolute Gasteiger partial charge is 0.187 e. The molecule has 0 saturated heterocycles. The second-order valence-electron chi connectivity index (χ2n) is 5.93. The summed E-state index contributed by atoms with van der Waals surface area (Å²) in [6.45, 7) is 12.2.